The van der Waals surface area contributed by atoms with Gasteiger partial charge >= 0.3 is 11.9 Å². The van der Waals surface area contributed by atoms with Crippen molar-refractivity contribution in [3.63, 3.8) is 0 Å². The highest BCUT2D eigenvalue weighted by molar-refractivity contribution is 5.70. The Labute approximate surface area is 143 Å². The van der Waals surface area contributed by atoms with Crippen molar-refractivity contribution in [3.05, 3.63) is 0 Å². The average Bonchev–Trinajstić information content (AvgIpc) is 2.44. The summed E-state index contributed by atoms with van der Waals surface area (Å²) in [6.07, 6.45) is 3.81. The highest BCUT2D eigenvalue weighted by Gasteiger charge is 2.47. The molecule has 0 amide bonds. The van der Waals surface area contributed by atoms with Crippen molar-refractivity contribution in [3.8, 4) is 0 Å². The summed E-state index contributed by atoms with van der Waals surface area (Å²) >= 11 is 0. The van der Waals surface area contributed by atoms with E-state index in [-0.39, 0.29) is 24.5 Å². The molecule has 6 heteroatoms. The lowest BCUT2D eigenvalue weighted by molar-refractivity contribution is -0.205. The second-order valence-corrected chi connectivity index (χ2v) is 7.11. The van der Waals surface area contributed by atoms with Crippen LogP contribution in [0.5, 0.6) is 0 Å². The van der Waals surface area contributed by atoms with Gasteiger partial charge in [-0.25, -0.2) is 0 Å². The number of ether oxygens (including phenoxy) is 2. The average molecular weight is 342 g/mol. The fraction of sp³-hybridized carbons (Fsp3) is 0.889. The summed E-state index contributed by atoms with van der Waals surface area (Å²) in [6.45, 7) is 5.61. The van der Waals surface area contributed by atoms with E-state index in [0.717, 1.165) is 12.8 Å². The van der Waals surface area contributed by atoms with Crippen LogP contribution in [-0.4, -0.2) is 47.6 Å². The third-order valence-corrected chi connectivity index (χ3v) is 5.71. The summed E-state index contributed by atoms with van der Waals surface area (Å²) in [4.78, 5) is 22.3. The highest BCUT2D eigenvalue weighted by atomic mass is 16.5. The first-order chi connectivity index (χ1) is 11.5. The van der Waals surface area contributed by atoms with Crippen LogP contribution in [0, 0.1) is 23.7 Å². The van der Waals surface area contributed by atoms with Gasteiger partial charge in [0.15, 0.2) is 0 Å². The second kappa shape index (κ2) is 8.81. The van der Waals surface area contributed by atoms with Crippen LogP contribution < -0.4 is 0 Å². The number of aliphatic carboxylic acids is 2. The first kappa shape index (κ1) is 19.2. The van der Waals surface area contributed by atoms with Gasteiger partial charge in [-0.2, -0.15) is 0 Å². The van der Waals surface area contributed by atoms with Gasteiger partial charge in [0.05, 0.1) is 31.3 Å². The molecule has 6 nitrogen and oxygen atoms in total. The van der Waals surface area contributed by atoms with Gasteiger partial charge in [-0.15, -0.1) is 0 Å². The minimum absolute atomic E-state index is 0.0305. The number of carboxylic acid groups (broad SMARTS) is 2. The van der Waals surface area contributed by atoms with Crippen LogP contribution >= 0.6 is 0 Å². The standard InChI is InChI=1S/C18H30O6/c1-3-15-13(9-23-15)12(14-10-24-16(14)4-2)8-11(18(21)22)6-5-7-17(19)20/h11-16H,3-10H2,1-2H3,(H,19,20)(H,21,22). The Morgan fingerprint density at radius 3 is 1.92 bits per heavy atom. The molecule has 5 unspecified atom stereocenters. The Balaban J connectivity index is 2.01. The maximum Gasteiger partial charge on any atom is 0.306 e. The lowest BCUT2D eigenvalue weighted by Gasteiger charge is -2.50. The predicted octanol–water partition coefficient (Wildman–Crippen LogP) is 2.80. The van der Waals surface area contributed by atoms with Gasteiger partial charge in [0.25, 0.3) is 0 Å². The number of carbonyl (C=O) groups is 2. The molecule has 2 rings (SSSR count). The van der Waals surface area contributed by atoms with E-state index in [9.17, 15) is 14.7 Å². The minimum Gasteiger partial charge on any atom is -0.481 e. The van der Waals surface area contributed by atoms with E-state index >= 15 is 0 Å². The molecule has 0 aliphatic carbocycles. The SMILES string of the molecule is CCC1OCC1C(CC(CCCC(=O)O)C(=O)O)C1COC1CC. The van der Waals surface area contributed by atoms with E-state index < -0.39 is 17.9 Å². The summed E-state index contributed by atoms with van der Waals surface area (Å²) in [5, 5.41) is 18.3. The zero-order valence-electron chi connectivity index (χ0n) is 14.6. The van der Waals surface area contributed by atoms with Crippen LogP contribution in [-0.2, 0) is 19.1 Å². The monoisotopic (exact) mass is 342 g/mol. The van der Waals surface area contributed by atoms with E-state index in [1.54, 1.807) is 0 Å². The molecule has 2 aliphatic heterocycles. The first-order valence-corrected chi connectivity index (χ1v) is 9.15. The van der Waals surface area contributed by atoms with Gasteiger partial charge < -0.3 is 19.7 Å². The van der Waals surface area contributed by atoms with Crippen LogP contribution in [0.1, 0.15) is 52.4 Å². The maximum atomic E-state index is 11.7. The Morgan fingerprint density at radius 1 is 1.04 bits per heavy atom. The van der Waals surface area contributed by atoms with Gasteiger partial charge in [-0.3, -0.25) is 9.59 Å². The van der Waals surface area contributed by atoms with Crippen molar-refractivity contribution in [2.24, 2.45) is 23.7 Å². The topological polar surface area (TPSA) is 93.1 Å². The van der Waals surface area contributed by atoms with Crippen LogP contribution in [0.15, 0.2) is 0 Å². The van der Waals surface area contributed by atoms with Crippen LogP contribution in [0.3, 0.4) is 0 Å². The van der Waals surface area contributed by atoms with E-state index in [0.29, 0.717) is 44.3 Å². The van der Waals surface area contributed by atoms with E-state index in [1.165, 1.54) is 0 Å². The number of carboxylic acids is 2. The molecule has 0 bridgehead atoms. The van der Waals surface area contributed by atoms with Crippen LogP contribution in [0.2, 0.25) is 0 Å². The lowest BCUT2D eigenvalue weighted by Crippen LogP contribution is -2.54. The molecule has 2 heterocycles. The third-order valence-electron chi connectivity index (χ3n) is 5.71. The van der Waals surface area contributed by atoms with Crippen LogP contribution in [0.25, 0.3) is 0 Å². The smallest absolute Gasteiger partial charge is 0.306 e. The van der Waals surface area contributed by atoms with E-state index in [1.807, 2.05) is 0 Å². The molecule has 138 valence electrons. The van der Waals surface area contributed by atoms with Gasteiger partial charge in [0.1, 0.15) is 0 Å². The molecule has 0 aromatic heterocycles. The maximum absolute atomic E-state index is 11.7. The zero-order valence-corrected chi connectivity index (χ0v) is 14.6. The Bertz CT molecular complexity index is 413. The van der Waals surface area contributed by atoms with Crippen molar-refractivity contribution in [2.75, 3.05) is 13.2 Å². The van der Waals surface area contributed by atoms with E-state index in [2.05, 4.69) is 13.8 Å². The summed E-state index contributed by atoms with van der Waals surface area (Å²) < 4.78 is 11.3. The van der Waals surface area contributed by atoms with Crippen molar-refractivity contribution >= 4 is 11.9 Å². The second-order valence-electron chi connectivity index (χ2n) is 7.11. The number of hydrogen-bond donors (Lipinski definition) is 2. The first-order valence-electron chi connectivity index (χ1n) is 9.15. The molecule has 0 aromatic rings. The molecule has 0 saturated carbocycles. The molecule has 0 radical (unpaired) electrons. The van der Waals surface area contributed by atoms with Crippen molar-refractivity contribution in [1.29, 1.82) is 0 Å². The van der Waals surface area contributed by atoms with Crippen LogP contribution in [0.4, 0.5) is 0 Å². The third kappa shape index (κ3) is 4.48. The quantitative estimate of drug-likeness (QED) is 0.600. The van der Waals surface area contributed by atoms with Gasteiger partial charge in [-0.05, 0) is 38.0 Å². The Kier molecular flexibility index (Phi) is 7.04. The normalized spacial score (nSPS) is 31.6. The lowest BCUT2D eigenvalue weighted by atomic mass is 9.68. The molecular weight excluding hydrogens is 312 g/mol. The van der Waals surface area contributed by atoms with Crippen molar-refractivity contribution in [1.82, 2.24) is 0 Å². The Hall–Kier alpha value is -1.14. The fourth-order valence-corrected chi connectivity index (χ4v) is 4.16. The molecule has 2 saturated heterocycles. The minimum atomic E-state index is -0.868. The highest BCUT2D eigenvalue weighted by Crippen LogP contribution is 2.44. The molecule has 2 aliphatic rings. The van der Waals surface area contributed by atoms with Gasteiger partial charge in [0.2, 0.25) is 0 Å². The molecule has 2 N–H and O–H groups in total. The summed E-state index contributed by atoms with van der Waals surface area (Å²) in [7, 11) is 0. The Morgan fingerprint density at radius 2 is 1.58 bits per heavy atom. The summed E-state index contributed by atoms with van der Waals surface area (Å²) in [6, 6.07) is 0. The summed E-state index contributed by atoms with van der Waals surface area (Å²) in [5.41, 5.74) is 0. The molecule has 2 fully saturated rings. The summed E-state index contributed by atoms with van der Waals surface area (Å²) in [5.74, 6) is -1.07. The molecule has 0 aromatic carbocycles. The fourth-order valence-electron chi connectivity index (χ4n) is 4.16. The van der Waals surface area contributed by atoms with Crippen molar-refractivity contribution < 1.29 is 29.3 Å². The van der Waals surface area contributed by atoms with Gasteiger partial charge in [0, 0.05) is 18.3 Å². The number of hydrogen-bond acceptors (Lipinski definition) is 4. The van der Waals surface area contributed by atoms with E-state index in [4.69, 9.17) is 14.6 Å². The predicted molar refractivity (Wildman–Crippen MR) is 87.8 cm³/mol. The molecule has 24 heavy (non-hydrogen) atoms. The zero-order chi connectivity index (χ0) is 17.7. The van der Waals surface area contributed by atoms with Gasteiger partial charge in [-0.1, -0.05) is 13.8 Å². The largest absolute Gasteiger partial charge is 0.481 e. The van der Waals surface area contributed by atoms with Crippen molar-refractivity contribution in [2.45, 2.75) is 64.6 Å². The molecule has 5 atom stereocenters. The number of rotatable bonds is 11. The molecular formula is C18H30O6. The molecule has 0 spiro atoms.